The highest BCUT2D eigenvalue weighted by molar-refractivity contribution is 6.31. The summed E-state index contributed by atoms with van der Waals surface area (Å²) in [4.78, 5) is 12.8. The Labute approximate surface area is 182 Å². The number of halogens is 1. The Morgan fingerprint density at radius 3 is 2.53 bits per heavy atom. The van der Waals surface area contributed by atoms with Crippen LogP contribution < -0.4 is 14.8 Å². The number of carbonyl (C=O) groups excluding carboxylic acids is 1. The molecule has 3 aromatic carbocycles. The van der Waals surface area contributed by atoms with E-state index in [-0.39, 0.29) is 5.91 Å². The number of rotatable bonds is 7. The normalized spacial score (nSPS) is 10.7. The third kappa shape index (κ3) is 5.14. The molecule has 0 atom stereocenters. The summed E-state index contributed by atoms with van der Waals surface area (Å²) in [5.41, 5.74) is 4.08. The summed E-state index contributed by atoms with van der Waals surface area (Å²) in [5, 5.41) is 3.50. The van der Waals surface area contributed by atoms with Crippen LogP contribution in [0.1, 0.15) is 46.8 Å². The number of amides is 1. The van der Waals surface area contributed by atoms with E-state index in [1.165, 1.54) is 0 Å². The number of ether oxygens (including phenoxy) is 2. The van der Waals surface area contributed by atoms with Gasteiger partial charge in [0.05, 0.1) is 7.11 Å². The molecule has 30 heavy (non-hydrogen) atoms. The Balaban J connectivity index is 1.81. The van der Waals surface area contributed by atoms with Gasteiger partial charge in [-0.3, -0.25) is 4.79 Å². The zero-order chi connectivity index (χ0) is 21.7. The lowest BCUT2D eigenvalue weighted by Gasteiger charge is -2.16. The van der Waals surface area contributed by atoms with E-state index >= 15 is 0 Å². The number of aryl methyl sites for hydroxylation is 1. The quantitative estimate of drug-likeness (QED) is 0.465. The minimum absolute atomic E-state index is 0.216. The Morgan fingerprint density at radius 1 is 1.03 bits per heavy atom. The number of hydrogen-bond donors (Lipinski definition) is 1. The zero-order valence-corrected chi connectivity index (χ0v) is 18.4. The fourth-order valence-corrected chi connectivity index (χ4v) is 3.37. The first-order valence-corrected chi connectivity index (χ1v) is 10.2. The highest BCUT2D eigenvalue weighted by atomic mass is 35.5. The minimum atomic E-state index is -0.216. The molecule has 0 unspecified atom stereocenters. The van der Waals surface area contributed by atoms with Gasteiger partial charge >= 0.3 is 0 Å². The molecule has 3 aromatic rings. The predicted octanol–water partition coefficient (Wildman–Crippen LogP) is 6.61. The van der Waals surface area contributed by atoms with Gasteiger partial charge in [0.25, 0.3) is 5.91 Å². The van der Waals surface area contributed by atoms with Crippen molar-refractivity contribution in [3.8, 4) is 11.5 Å². The molecular formula is C25H26ClNO3. The summed E-state index contributed by atoms with van der Waals surface area (Å²) in [6.45, 7) is 6.48. The summed E-state index contributed by atoms with van der Waals surface area (Å²) >= 11 is 6.06. The molecular weight excluding hydrogens is 398 g/mol. The van der Waals surface area contributed by atoms with Crippen LogP contribution in [0.25, 0.3) is 0 Å². The zero-order valence-electron chi connectivity index (χ0n) is 17.7. The molecule has 0 aliphatic carbocycles. The highest BCUT2D eigenvalue weighted by Gasteiger charge is 2.14. The standard InChI is InChI=1S/C25H26ClNO3/c1-16(2)21-7-5-6-8-24(21)30-15-19-13-18(10-12-23(19)29-4)25(28)27-22-14-20(26)11-9-17(22)3/h5-14,16H,15H2,1-4H3,(H,27,28). The Morgan fingerprint density at radius 2 is 1.80 bits per heavy atom. The lowest BCUT2D eigenvalue weighted by atomic mass is 10.0. The van der Waals surface area contributed by atoms with Gasteiger partial charge in [-0.25, -0.2) is 0 Å². The molecule has 0 saturated heterocycles. The van der Waals surface area contributed by atoms with E-state index in [1.807, 2.05) is 31.2 Å². The van der Waals surface area contributed by atoms with Crippen molar-refractivity contribution in [1.82, 2.24) is 0 Å². The molecule has 0 spiro atoms. The second kappa shape index (κ2) is 9.68. The van der Waals surface area contributed by atoms with Crippen LogP contribution in [0.15, 0.2) is 60.7 Å². The van der Waals surface area contributed by atoms with Crippen molar-refractivity contribution in [2.75, 3.05) is 12.4 Å². The van der Waals surface area contributed by atoms with Crippen molar-refractivity contribution in [1.29, 1.82) is 0 Å². The van der Waals surface area contributed by atoms with Gasteiger partial charge in [0.1, 0.15) is 18.1 Å². The molecule has 0 saturated carbocycles. The van der Waals surface area contributed by atoms with E-state index in [2.05, 4.69) is 25.2 Å². The molecule has 1 N–H and O–H groups in total. The Hall–Kier alpha value is -2.98. The fraction of sp³-hybridized carbons (Fsp3) is 0.240. The summed E-state index contributed by atoms with van der Waals surface area (Å²) in [7, 11) is 1.61. The van der Waals surface area contributed by atoms with Crippen LogP contribution in [0.2, 0.25) is 5.02 Å². The number of hydrogen-bond acceptors (Lipinski definition) is 3. The summed E-state index contributed by atoms with van der Waals surface area (Å²) < 4.78 is 11.6. The maximum Gasteiger partial charge on any atom is 0.255 e. The average Bonchev–Trinajstić information content (AvgIpc) is 2.74. The van der Waals surface area contributed by atoms with Crippen LogP contribution in [0.3, 0.4) is 0 Å². The van der Waals surface area contributed by atoms with Crippen molar-refractivity contribution in [3.05, 3.63) is 87.9 Å². The first-order chi connectivity index (χ1) is 14.4. The van der Waals surface area contributed by atoms with Crippen LogP contribution in [0, 0.1) is 6.92 Å². The van der Waals surface area contributed by atoms with Gasteiger partial charge in [-0.2, -0.15) is 0 Å². The van der Waals surface area contributed by atoms with Crippen molar-refractivity contribution in [3.63, 3.8) is 0 Å². The molecule has 5 heteroatoms. The molecule has 1 amide bonds. The molecule has 156 valence electrons. The van der Waals surface area contributed by atoms with Gasteiger partial charge in [-0.15, -0.1) is 0 Å². The van der Waals surface area contributed by atoms with Gasteiger partial charge in [0, 0.05) is 21.8 Å². The van der Waals surface area contributed by atoms with Gasteiger partial charge in [0.15, 0.2) is 0 Å². The smallest absolute Gasteiger partial charge is 0.255 e. The molecule has 3 rings (SSSR count). The number of para-hydroxylation sites is 1. The molecule has 0 heterocycles. The molecule has 0 fully saturated rings. The third-order valence-electron chi connectivity index (χ3n) is 4.91. The van der Waals surface area contributed by atoms with E-state index in [0.717, 1.165) is 22.4 Å². The van der Waals surface area contributed by atoms with Crippen LogP contribution >= 0.6 is 11.6 Å². The molecule has 0 radical (unpaired) electrons. The lowest BCUT2D eigenvalue weighted by Crippen LogP contribution is -2.13. The van der Waals surface area contributed by atoms with E-state index < -0.39 is 0 Å². The maximum absolute atomic E-state index is 12.8. The fourth-order valence-electron chi connectivity index (χ4n) is 3.20. The molecule has 0 bridgehead atoms. The second-order valence-corrected chi connectivity index (χ2v) is 7.86. The third-order valence-corrected chi connectivity index (χ3v) is 5.15. The van der Waals surface area contributed by atoms with E-state index in [4.69, 9.17) is 21.1 Å². The van der Waals surface area contributed by atoms with E-state index in [0.29, 0.717) is 34.5 Å². The van der Waals surface area contributed by atoms with Crippen molar-refractivity contribution < 1.29 is 14.3 Å². The average molecular weight is 424 g/mol. The summed E-state index contributed by atoms with van der Waals surface area (Å²) in [5.74, 6) is 1.64. The Bertz CT molecular complexity index is 1050. The van der Waals surface area contributed by atoms with Gasteiger partial charge in [-0.05, 0) is 60.4 Å². The van der Waals surface area contributed by atoms with Crippen molar-refractivity contribution in [2.24, 2.45) is 0 Å². The second-order valence-electron chi connectivity index (χ2n) is 7.42. The topological polar surface area (TPSA) is 47.6 Å². The first kappa shape index (κ1) is 21.7. The number of anilines is 1. The first-order valence-electron chi connectivity index (χ1n) is 9.85. The predicted molar refractivity (Wildman–Crippen MR) is 122 cm³/mol. The monoisotopic (exact) mass is 423 g/mol. The number of benzene rings is 3. The number of nitrogens with one attached hydrogen (secondary N) is 1. The van der Waals surface area contributed by atoms with Crippen molar-refractivity contribution >= 4 is 23.2 Å². The number of methoxy groups -OCH3 is 1. The minimum Gasteiger partial charge on any atom is -0.496 e. The largest absolute Gasteiger partial charge is 0.496 e. The lowest BCUT2D eigenvalue weighted by molar-refractivity contribution is 0.102. The summed E-state index contributed by atoms with van der Waals surface area (Å²) in [6.07, 6.45) is 0. The molecule has 0 aliphatic rings. The molecule has 0 aromatic heterocycles. The maximum atomic E-state index is 12.8. The van der Waals surface area contributed by atoms with Gasteiger partial charge in [0.2, 0.25) is 0 Å². The molecule has 0 aliphatic heterocycles. The Kier molecular flexibility index (Phi) is 7.01. The van der Waals surface area contributed by atoms with Crippen LogP contribution in [-0.4, -0.2) is 13.0 Å². The van der Waals surface area contributed by atoms with Crippen molar-refractivity contribution in [2.45, 2.75) is 33.3 Å². The SMILES string of the molecule is COc1ccc(C(=O)Nc2cc(Cl)ccc2C)cc1COc1ccccc1C(C)C. The number of carbonyl (C=O) groups is 1. The van der Waals surface area contributed by atoms with Crippen LogP contribution in [0.5, 0.6) is 11.5 Å². The van der Waals surface area contributed by atoms with Crippen LogP contribution in [-0.2, 0) is 6.61 Å². The van der Waals surface area contributed by atoms with Gasteiger partial charge in [-0.1, -0.05) is 49.7 Å². The highest BCUT2D eigenvalue weighted by Crippen LogP contribution is 2.29. The van der Waals surface area contributed by atoms with Crippen LogP contribution in [0.4, 0.5) is 5.69 Å². The molecule has 4 nitrogen and oxygen atoms in total. The van der Waals surface area contributed by atoms with E-state index in [9.17, 15) is 4.79 Å². The van der Waals surface area contributed by atoms with E-state index in [1.54, 1.807) is 37.4 Å². The summed E-state index contributed by atoms with van der Waals surface area (Å²) in [6, 6.07) is 18.7. The van der Waals surface area contributed by atoms with Gasteiger partial charge < -0.3 is 14.8 Å².